The third-order valence-corrected chi connectivity index (χ3v) is 6.75. The summed E-state index contributed by atoms with van der Waals surface area (Å²) in [5.74, 6) is 0.423. The van der Waals surface area contributed by atoms with Crippen molar-refractivity contribution in [3.63, 3.8) is 0 Å². The summed E-state index contributed by atoms with van der Waals surface area (Å²) in [7, 11) is 0. The largest absolute Gasteiger partial charge is 0.444 e. The van der Waals surface area contributed by atoms with E-state index >= 15 is 0 Å². The first-order valence-corrected chi connectivity index (χ1v) is 15.5. The molecule has 0 aliphatic rings. The molecule has 2 aromatic heterocycles. The maximum Gasteiger partial charge on any atom is 0.416 e. The van der Waals surface area contributed by atoms with Crippen LogP contribution in [0.5, 0.6) is 0 Å². The Morgan fingerprint density at radius 2 is 1.73 bits per heavy atom. The van der Waals surface area contributed by atoms with Gasteiger partial charge in [-0.05, 0) is 66.4 Å². The zero-order valence-electron chi connectivity index (χ0n) is 27.8. The predicted octanol–water partition coefficient (Wildman–Crippen LogP) is 6.79. The molecule has 0 fully saturated rings. The highest BCUT2D eigenvalue weighted by atomic mass is 19.1. The first-order valence-electron chi connectivity index (χ1n) is 15.5. The van der Waals surface area contributed by atoms with Gasteiger partial charge < -0.3 is 25.2 Å². The topological polar surface area (TPSA) is 130 Å². The summed E-state index contributed by atoms with van der Waals surface area (Å²) in [6.45, 7) is 15.1. The van der Waals surface area contributed by atoms with E-state index in [1.165, 1.54) is 11.0 Å². The molecule has 0 aliphatic heterocycles. The molecular formula is C33H49FN6O5. The number of ether oxygens (including phenoxy) is 2. The van der Waals surface area contributed by atoms with Crippen molar-refractivity contribution >= 4 is 29.5 Å². The van der Waals surface area contributed by atoms with E-state index in [1.54, 1.807) is 55.7 Å². The number of halogens is 1. The Morgan fingerprint density at radius 1 is 1.04 bits per heavy atom. The van der Waals surface area contributed by atoms with Crippen molar-refractivity contribution in [3.05, 3.63) is 53.5 Å². The SMILES string of the molecule is CC(C)c1cnn2c(N(Cc3ccccc3F)C(=O)OC(C)(C)C)cc(N[C@@H](CO)CCCCCNC(=O)OC(C)(C)C)nc12. The number of aliphatic hydroxyl groups is 1. The molecule has 11 nitrogen and oxygen atoms in total. The number of hydrogen-bond donors (Lipinski definition) is 3. The van der Waals surface area contributed by atoms with Crippen molar-refractivity contribution in [3.8, 4) is 0 Å². The van der Waals surface area contributed by atoms with Crippen LogP contribution in [-0.4, -0.2) is 62.3 Å². The van der Waals surface area contributed by atoms with Crippen molar-refractivity contribution in [1.82, 2.24) is 19.9 Å². The maximum atomic E-state index is 14.8. The number of aromatic nitrogens is 3. The highest BCUT2D eigenvalue weighted by Gasteiger charge is 2.28. The molecule has 1 aromatic carbocycles. The molecule has 0 saturated carbocycles. The zero-order valence-corrected chi connectivity index (χ0v) is 27.8. The van der Waals surface area contributed by atoms with Gasteiger partial charge in [-0.2, -0.15) is 9.61 Å². The van der Waals surface area contributed by atoms with Gasteiger partial charge in [0, 0.05) is 23.7 Å². The third kappa shape index (κ3) is 10.9. The van der Waals surface area contributed by atoms with Crippen molar-refractivity contribution < 1.29 is 28.6 Å². The Bertz CT molecular complexity index is 1430. The zero-order chi connectivity index (χ0) is 33.4. The number of amides is 2. The molecule has 248 valence electrons. The molecule has 3 aromatic rings. The average molecular weight is 629 g/mol. The molecule has 1 atom stereocenters. The van der Waals surface area contributed by atoms with E-state index in [0.29, 0.717) is 35.8 Å². The molecule has 3 rings (SSSR count). The number of anilines is 2. The lowest BCUT2D eigenvalue weighted by Crippen LogP contribution is -2.38. The van der Waals surface area contributed by atoms with Gasteiger partial charge in [0.15, 0.2) is 5.65 Å². The Morgan fingerprint density at radius 3 is 2.36 bits per heavy atom. The number of hydrogen-bond acceptors (Lipinski definition) is 8. The molecule has 2 amide bonds. The number of nitrogens with one attached hydrogen (secondary N) is 2. The Balaban J connectivity index is 1.85. The Kier molecular flexibility index (Phi) is 12.1. The summed E-state index contributed by atoms with van der Waals surface area (Å²) in [5, 5.41) is 20.8. The Hall–Kier alpha value is -3.93. The number of aliphatic hydroxyl groups excluding tert-OH is 1. The second kappa shape index (κ2) is 15.4. The van der Waals surface area contributed by atoms with Crippen LogP contribution in [0.2, 0.25) is 0 Å². The van der Waals surface area contributed by atoms with Crippen LogP contribution < -0.4 is 15.5 Å². The maximum absolute atomic E-state index is 14.8. The molecule has 2 heterocycles. The second-order valence-electron chi connectivity index (χ2n) is 13.4. The molecule has 0 spiro atoms. The number of unbranched alkanes of at least 4 members (excludes halogenated alkanes) is 2. The van der Waals surface area contributed by atoms with Crippen LogP contribution in [0.4, 0.5) is 25.6 Å². The molecule has 0 bridgehead atoms. The quantitative estimate of drug-likeness (QED) is 0.176. The van der Waals surface area contributed by atoms with Gasteiger partial charge in [-0.1, -0.05) is 44.9 Å². The molecule has 45 heavy (non-hydrogen) atoms. The van der Waals surface area contributed by atoms with Gasteiger partial charge in [0.2, 0.25) is 0 Å². The third-order valence-electron chi connectivity index (χ3n) is 6.75. The van der Waals surface area contributed by atoms with Gasteiger partial charge in [-0.25, -0.2) is 19.0 Å². The van der Waals surface area contributed by atoms with E-state index in [2.05, 4.69) is 15.7 Å². The number of alkyl carbamates (subject to hydrolysis) is 1. The smallest absolute Gasteiger partial charge is 0.416 e. The van der Waals surface area contributed by atoms with E-state index < -0.39 is 29.2 Å². The molecule has 12 heteroatoms. The molecule has 3 N–H and O–H groups in total. The van der Waals surface area contributed by atoms with Crippen LogP contribution in [0.1, 0.15) is 98.1 Å². The van der Waals surface area contributed by atoms with Crippen molar-refractivity contribution in [2.24, 2.45) is 0 Å². The van der Waals surface area contributed by atoms with Gasteiger partial charge in [0.25, 0.3) is 0 Å². The molecule has 0 saturated heterocycles. The van der Waals surface area contributed by atoms with Crippen LogP contribution in [0.25, 0.3) is 5.65 Å². The van der Waals surface area contributed by atoms with E-state index in [-0.39, 0.29) is 25.1 Å². The van der Waals surface area contributed by atoms with Gasteiger partial charge in [-0.15, -0.1) is 0 Å². The Labute approximate surface area is 265 Å². The summed E-state index contributed by atoms with van der Waals surface area (Å²) in [4.78, 5) is 31.6. The van der Waals surface area contributed by atoms with Gasteiger partial charge in [0.05, 0.1) is 25.4 Å². The number of carbonyl (C=O) groups excluding carboxylic acids is 2. The van der Waals surface area contributed by atoms with Crippen LogP contribution in [0.15, 0.2) is 36.5 Å². The van der Waals surface area contributed by atoms with E-state index in [4.69, 9.17) is 14.5 Å². The fourth-order valence-electron chi connectivity index (χ4n) is 4.61. The van der Waals surface area contributed by atoms with Crippen molar-refractivity contribution in [2.75, 3.05) is 23.4 Å². The van der Waals surface area contributed by atoms with Gasteiger partial charge >= 0.3 is 12.2 Å². The normalized spacial score (nSPS) is 12.7. The molecular weight excluding hydrogens is 579 g/mol. The fourth-order valence-corrected chi connectivity index (χ4v) is 4.61. The minimum absolute atomic E-state index is 0.0857. The second-order valence-corrected chi connectivity index (χ2v) is 13.4. The minimum Gasteiger partial charge on any atom is -0.444 e. The van der Waals surface area contributed by atoms with Gasteiger partial charge in [0.1, 0.15) is 28.7 Å². The number of carbonyl (C=O) groups is 2. The van der Waals surface area contributed by atoms with Crippen LogP contribution in [0, 0.1) is 5.82 Å². The summed E-state index contributed by atoms with van der Waals surface area (Å²) < 4.78 is 27.4. The summed E-state index contributed by atoms with van der Waals surface area (Å²) in [6.07, 6.45) is 3.65. The molecule has 0 unspecified atom stereocenters. The standard InChI is InChI=1S/C33H49FN6O5/c1-22(2)25-19-36-40-28(39(31(43)45-33(6,7)8)20-23-14-11-12-16-26(23)34)18-27(38-29(25)40)37-24(21-41)15-10-9-13-17-35-30(42)44-32(3,4)5/h11-12,14,16,18-19,22,24,41H,9-10,13,15,17,20-21H2,1-8H3,(H,35,42)(H,37,38)/t24-/m1/s1. The average Bonchev–Trinajstić information content (AvgIpc) is 3.36. The number of benzene rings is 1. The van der Waals surface area contributed by atoms with E-state index in [1.807, 2.05) is 34.6 Å². The fraction of sp³-hybridized carbons (Fsp3) is 0.576. The number of nitrogens with zero attached hydrogens (tertiary/aromatic N) is 4. The minimum atomic E-state index is -0.796. The predicted molar refractivity (Wildman–Crippen MR) is 173 cm³/mol. The van der Waals surface area contributed by atoms with Crippen LogP contribution in [-0.2, 0) is 16.0 Å². The summed E-state index contributed by atoms with van der Waals surface area (Å²) in [6, 6.07) is 7.63. The lowest BCUT2D eigenvalue weighted by atomic mass is 10.1. The van der Waals surface area contributed by atoms with Crippen molar-refractivity contribution in [2.45, 2.75) is 111 Å². The lowest BCUT2D eigenvalue weighted by Gasteiger charge is -2.28. The number of fused-ring (bicyclic) bond motifs is 1. The van der Waals surface area contributed by atoms with E-state index in [0.717, 1.165) is 24.8 Å². The van der Waals surface area contributed by atoms with Gasteiger partial charge in [-0.3, -0.25) is 4.90 Å². The summed E-state index contributed by atoms with van der Waals surface area (Å²) in [5.41, 5.74) is 0.378. The van der Waals surface area contributed by atoms with Crippen LogP contribution in [0.3, 0.4) is 0 Å². The highest BCUT2D eigenvalue weighted by molar-refractivity contribution is 5.88. The van der Waals surface area contributed by atoms with Crippen LogP contribution >= 0.6 is 0 Å². The first-order chi connectivity index (χ1) is 21.1. The lowest BCUT2D eigenvalue weighted by molar-refractivity contribution is 0.0524. The van der Waals surface area contributed by atoms with E-state index in [9.17, 15) is 19.1 Å². The monoisotopic (exact) mass is 628 g/mol. The highest BCUT2D eigenvalue weighted by Crippen LogP contribution is 2.29. The van der Waals surface area contributed by atoms with Crippen molar-refractivity contribution in [1.29, 1.82) is 0 Å². The summed E-state index contributed by atoms with van der Waals surface area (Å²) >= 11 is 0. The first kappa shape index (κ1) is 35.5. The number of rotatable bonds is 13. The molecule has 0 radical (unpaired) electrons. The molecule has 0 aliphatic carbocycles.